The van der Waals surface area contributed by atoms with Crippen molar-refractivity contribution in [2.45, 2.75) is 33.7 Å². The van der Waals surface area contributed by atoms with E-state index in [1.165, 1.54) is 0 Å². The average Bonchev–Trinajstić information content (AvgIpc) is 3.02. The Morgan fingerprint density at radius 2 is 1.80 bits per heavy atom. The molecule has 0 saturated heterocycles. The first kappa shape index (κ1) is 21.7. The molecule has 0 aliphatic heterocycles. The minimum atomic E-state index is -0.144. The predicted octanol–water partition coefficient (Wildman–Crippen LogP) is 4.87. The molecule has 1 aromatic heterocycles. The summed E-state index contributed by atoms with van der Waals surface area (Å²) in [6.07, 6.45) is 0.215. The Balaban J connectivity index is 1.66. The maximum atomic E-state index is 12.5. The van der Waals surface area contributed by atoms with Gasteiger partial charge in [-0.1, -0.05) is 29.8 Å². The molecule has 0 spiro atoms. The van der Waals surface area contributed by atoms with Crippen molar-refractivity contribution in [1.82, 2.24) is 9.78 Å². The van der Waals surface area contributed by atoms with E-state index in [2.05, 4.69) is 10.4 Å². The molecule has 0 aliphatic carbocycles. The van der Waals surface area contributed by atoms with Crippen molar-refractivity contribution in [2.24, 2.45) is 0 Å². The number of rotatable bonds is 9. The van der Waals surface area contributed by atoms with Crippen LogP contribution in [0.15, 0.2) is 48.5 Å². The van der Waals surface area contributed by atoms with Crippen LogP contribution in [0.1, 0.15) is 30.7 Å². The number of nitrogens with zero attached hydrogens (tertiary/aromatic N) is 2. The molecular weight excluding hydrogens is 402 g/mol. The van der Waals surface area contributed by atoms with Crippen molar-refractivity contribution < 1.29 is 14.3 Å². The summed E-state index contributed by atoms with van der Waals surface area (Å²) in [6.45, 7) is 7.45. The van der Waals surface area contributed by atoms with E-state index in [0.717, 1.165) is 16.8 Å². The third-order valence-electron chi connectivity index (χ3n) is 4.44. The van der Waals surface area contributed by atoms with E-state index in [1.54, 1.807) is 0 Å². The molecule has 0 bridgehead atoms. The number of aromatic nitrogens is 2. The number of ether oxygens (including phenoxy) is 2. The SMILES string of the molecule is CCOc1ccc(CC(=O)Nc2cc(C)n(Cc3cccc(Cl)c3)n2)cc1OCC. The van der Waals surface area contributed by atoms with Crippen molar-refractivity contribution in [3.05, 3.63) is 70.4 Å². The molecule has 0 fully saturated rings. The molecule has 2 aromatic carbocycles. The topological polar surface area (TPSA) is 65.4 Å². The normalized spacial score (nSPS) is 10.7. The zero-order valence-electron chi connectivity index (χ0n) is 17.4. The monoisotopic (exact) mass is 427 g/mol. The standard InChI is InChI=1S/C23H26ClN3O3/c1-4-29-20-10-9-17(13-21(20)30-5-2)14-23(28)25-22-11-16(3)27(26-22)15-18-7-6-8-19(24)12-18/h6-13H,4-5,14-15H2,1-3H3,(H,25,26,28). The molecule has 1 heterocycles. The number of nitrogens with one attached hydrogen (secondary N) is 1. The second-order valence-corrected chi connectivity index (χ2v) is 7.27. The van der Waals surface area contributed by atoms with Crippen molar-refractivity contribution >= 4 is 23.3 Å². The Morgan fingerprint density at radius 1 is 1.03 bits per heavy atom. The lowest BCUT2D eigenvalue weighted by molar-refractivity contribution is -0.115. The van der Waals surface area contributed by atoms with E-state index < -0.39 is 0 Å². The highest BCUT2D eigenvalue weighted by atomic mass is 35.5. The quantitative estimate of drug-likeness (QED) is 0.529. The Morgan fingerprint density at radius 3 is 2.53 bits per heavy atom. The zero-order valence-corrected chi connectivity index (χ0v) is 18.2. The second-order valence-electron chi connectivity index (χ2n) is 6.83. The Labute approximate surface area is 181 Å². The average molecular weight is 428 g/mol. The van der Waals surface area contributed by atoms with Crippen LogP contribution in [0, 0.1) is 6.92 Å². The maximum absolute atomic E-state index is 12.5. The van der Waals surface area contributed by atoms with Gasteiger partial charge in [0.1, 0.15) is 0 Å². The van der Waals surface area contributed by atoms with Crippen LogP contribution in [0.3, 0.4) is 0 Å². The van der Waals surface area contributed by atoms with Crippen LogP contribution >= 0.6 is 11.6 Å². The first-order valence-electron chi connectivity index (χ1n) is 9.95. The fourth-order valence-electron chi connectivity index (χ4n) is 3.12. The lowest BCUT2D eigenvalue weighted by Crippen LogP contribution is -2.15. The lowest BCUT2D eigenvalue weighted by atomic mass is 10.1. The number of amides is 1. The van der Waals surface area contributed by atoms with Gasteiger partial charge >= 0.3 is 0 Å². The predicted molar refractivity (Wildman–Crippen MR) is 119 cm³/mol. The minimum Gasteiger partial charge on any atom is -0.490 e. The van der Waals surface area contributed by atoms with Crippen LogP contribution in [0.25, 0.3) is 0 Å². The van der Waals surface area contributed by atoms with Crippen LogP contribution in [-0.2, 0) is 17.8 Å². The van der Waals surface area contributed by atoms with Crippen LogP contribution < -0.4 is 14.8 Å². The van der Waals surface area contributed by atoms with Gasteiger partial charge < -0.3 is 14.8 Å². The molecule has 158 valence electrons. The molecule has 1 amide bonds. The fraction of sp³-hybridized carbons (Fsp3) is 0.304. The molecule has 6 nitrogen and oxygen atoms in total. The summed E-state index contributed by atoms with van der Waals surface area (Å²) in [5, 5.41) is 8.06. The Hall–Kier alpha value is -2.99. The number of carbonyl (C=O) groups is 1. The molecule has 0 unspecified atom stereocenters. The summed E-state index contributed by atoms with van der Waals surface area (Å²) in [7, 11) is 0. The van der Waals surface area contributed by atoms with E-state index in [4.69, 9.17) is 21.1 Å². The molecule has 0 atom stereocenters. The van der Waals surface area contributed by atoms with E-state index >= 15 is 0 Å². The van der Waals surface area contributed by atoms with Gasteiger partial charge in [0.2, 0.25) is 5.91 Å². The van der Waals surface area contributed by atoms with Crippen LogP contribution in [0.2, 0.25) is 5.02 Å². The van der Waals surface area contributed by atoms with Gasteiger partial charge in [-0.15, -0.1) is 0 Å². The summed E-state index contributed by atoms with van der Waals surface area (Å²) in [6, 6.07) is 15.0. The summed E-state index contributed by atoms with van der Waals surface area (Å²) in [5.74, 6) is 1.70. The molecule has 0 aliphatic rings. The van der Waals surface area contributed by atoms with Crippen molar-refractivity contribution in [3.63, 3.8) is 0 Å². The van der Waals surface area contributed by atoms with Crippen LogP contribution in [0.4, 0.5) is 5.82 Å². The van der Waals surface area contributed by atoms with Gasteiger partial charge in [0.15, 0.2) is 17.3 Å². The third-order valence-corrected chi connectivity index (χ3v) is 4.68. The summed E-state index contributed by atoms with van der Waals surface area (Å²) in [5.41, 5.74) is 2.84. The van der Waals surface area contributed by atoms with Gasteiger partial charge in [0.05, 0.1) is 26.2 Å². The molecule has 0 radical (unpaired) electrons. The fourth-order valence-corrected chi connectivity index (χ4v) is 3.33. The second kappa shape index (κ2) is 10.2. The van der Waals surface area contributed by atoms with E-state index in [-0.39, 0.29) is 12.3 Å². The number of benzene rings is 2. The number of carbonyl (C=O) groups excluding carboxylic acids is 1. The van der Waals surface area contributed by atoms with Gasteiger partial charge in [0.25, 0.3) is 0 Å². The molecule has 30 heavy (non-hydrogen) atoms. The van der Waals surface area contributed by atoms with E-state index in [9.17, 15) is 4.79 Å². The van der Waals surface area contributed by atoms with Gasteiger partial charge in [0, 0.05) is 16.8 Å². The number of aryl methyl sites for hydroxylation is 1. The first-order valence-corrected chi connectivity index (χ1v) is 10.3. The highest BCUT2D eigenvalue weighted by Crippen LogP contribution is 2.28. The first-order chi connectivity index (χ1) is 14.5. The summed E-state index contributed by atoms with van der Waals surface area (Å²) >= 11 is 6.06. The number of hydrogen-bond donors (Lipinski definition) is 1. The zero-order chi connectivity index (χ0) is 21.5. The Bertz CT molecular complexity index is 1020. The summed E-state index contributed by atoms with van der Waals surface area (Å²) < 4.78 is 13.0. The molecule has 3 aromatic rings. The largest absolute Gasteiger partial charge is 0.490 e. The highest BCUT2D eigenvalue weighted by molar-refractivity contribution is 6.30. The smallest absolute Gasteiger partial charge is 0.229 e. The summed E-state index contributed by atoms with van der Waals surface area (Å²) in [4.78, 5) is 12.5. The van der Waals surface area contributed by atoms with Gasteiger partial charge in [-0.05, 0) is 56.2 Å². The number of halogens is 1. The number of hydrogen-bond acceptors (Lipinski definition) is 4. The van der Waals surface area contributed by atoms with E-state index in [1.807, 2.05) is 74.0 Å². The molecule has 7 heteroatoms. The van der Waals surface area contributed by atoms with Crippen molar-refractivity contribution in [1.29, 1.82) is 0 Å². The lowest BCUT2D eigenvalue weighted by Gasteiger charge is -2.12. The Kier molecular flexibility index (Phi) is 7.36. The van der Waals surface area contributed by atoms with E-state index in [0.29, 0.717) is 42.1 Å². The van der Waals surface area contributed by atoms with Crippen LogP contribution in [0.5, 0.6) is 11.5 Å². The molecule has 3 rings (SSSR count). The van der Waals surface area contributed by atoms with Crippen LogP contribution in [-0.4, -0.2) is 28.9 Å². The third kappa shape index (κ3) is 5.76. The van der Waals surface area contributed by atoms with Gasteiger partial charge in [-0.25, -0.2) is 0 Å². The maximum Gasteiger partial charge on any atom is 0.229 e. The molecule has 0 saturated carbocycles. The molecular formula is C23H26ClN3O3. The highest BCUT2D eigenvalue weighted by Gasteiger charge is 2.12. The van der Waals surface area contributed by atoms with Crippen molar-refractivity contribution in [2.75, 3.05) is 18.5 Å². The van der Waals surface area contributed by atoms with Crippen molar-refractivity contribution in [3.8, 4) is 11.5 Å². The molecule has 1 N–H and O–H groups in total. The van der Waals surface area contributed by atoms with Gasteiger partial charge in [-0.3, -0.25) is 9.48 Å². The minimum absolute atomic E-state index is 0.144. The van der Waals surface area contributed by atoms with Gasteiger partial charge in [-0.2, -0.15) is 5.10 Å². The number of anilines is 1.